The normalized spacial score (nSPS) is 11.1. The summed E-state index contributed by atoms with van der Waals surface area (Å²) in [6.45, 7) is 1.04. The Hall–Kier alpha value is -2.81. The van der Waals surface area contributed by atoms with E-state index in [2.05, 4.69) is 4.74 Å². The quantitative estimate of drug-likeness (QED) is 0.389. The molecule has 0 bridgehead atoms. The Balaban J connectivity index is 3.09. The van der Waals surface area contributed by atoms with Gasteiger partial charge in [0, 0.05) is 12.6 Å². The molecule has 0 saturated heterocycles. The maximum atomic E-state index is 11.6. The number of nitrogens with zero attached hydrogens (tertiary/aromatic N) is 2. The van der Waals surface area contributed by atoms with E-state index in [0.717, 1.165) is 7.11 Å². The fraction of sp³-hybridized carbons (Fsp3) is 0.214. The first-order valence-electron chi connectivity index (χ1n) is 5.75. The third kappa shape index (κ3) is 3.59. The topological polar surface area (TPSA) is 90.6 Å². The Kier molecular flexibility index (Phi) is 5.30. The second kappa shape index (κ2) is 6.95. The number of ether oxygens (including phenoxy) is 1. The van der Waals surface area contributed by atoms with Crippen molar-refractivity contribution in [1.29, 1.82) is 5.26 Å². The molecule has 1 aromatic rings. The number of methoxy groups -OCH3 is 1. The van der Waals surface area contributed by atoms with Crippen LogP contribution < -0.4 is 4.90 Å². The Morgan fingerprint density at radius 3 is 2.40 bits per heavy atom. The summed E-state index contributed by atoms with van der Waals surface area (Å²) in [5.41, 5.74) is 0.0309. The monoisotopic (exact) mass is 274 g/mol. The van der Waals surface area contributed by atoms with Gasteiger partial charge in [-0.25, -0.2) is 4.79 Å². The fourth-order valence-corrected chi connectivity index (χ4v) is 1.55. The molecule has 104 valence electrons. The van der Waals surface area contributed by atoms with Crippen molar-refractivity contribution >= 4 is 17.6 Å². The second-order valence-electron chi connectivity index (χ2n) is 3.87. The van der Waals surface area contributed by atoms with Crippen molar-refractivity contribution in [2.75, 3.05) is 18.6 Å². The van der Waals surface area contributed by atoms with Crippen LogP contribution in [-0.2, 0) is 14.3 Å². The molecular formula is C14H14N2O4. The van der Waals surface area contributed by atoms with Gasteiger partial charge >= 0.3 is 5.97 Å². The summed E-state index contributed by atoms with van der Waals surface area (Å²) in [7, 11) is 1.10. The second-order valence-corrected chi connectivity index (χ2v) is 3.87. The highest BCUT2D eigenvalue weighted by Gasteiger charge is 2.20. The molecule has 0 saturated carbocycles. The highest BCUT2D eigenvalue weighted by Crippen LogP contribution is 2.16. The van der Waals surface area contributed by atoms with E-state index >= 15 is 0 Å². The van der Waals surface area contributed by atoms with Gasteiger partial charge in [0.05, 0.1) is 13.7 Å². The van der Waals surface area contributed by atoms with Crippen LogP contribution in [0.15, 0.2) is 41.7 Å². The Morgan fingerprint density at radius 1 is 1.35 bits per heavy atom. The van der Waals surface area contributed by atoms with Crippen LogP contribution in [0.3, 0.4) is 0 Å². The number of esters is 1. The number of benzene rings is 1. The molecule has 1 amide bonds. The fourth-order valence-electron chi connectivity index (χ4n) is 1.55. The molecule has 0 aliphatic heterocycles. The van der Waals surface area contributed by atoms with Crippen LogP contribution in [0.1, 0.15) is 6.92 Å². The van der Waals surface area contributed by atoms with Crippen molar-refractivity contribution < 1.29 is 19.4 Å². The minimum absolute atomic E-state index is 0.280. The lowest BCUT2D eigenvalue weighted by atomic mass is 10.2. The predicted molar refractivity (Wildman–Crippen MR) is 71.8 cm³/mol. The number of hydrogen-bond acceptors (Lipinski definition) is 5. The number of aliphatic hydroxyl groups excluding tert-OH is 1. The van der Waals surface area contributed by atoms with Gasteiger partial charge in [0.2, 0.25) is 5.91 Å². The lowest BCUT2D eigenvalue weighted by Crippen LogP contribution is -2.31. The summed E-state index contributed by atoms with van der Waals surface area (Å²) < 4.78 is 4.39. The smallest absolute Gasteiger partial charge is 0.352 e. The zero-order chi connectivity index (χ0) is 15.1. The molecule has 6 nitrogen and oxygen atoms in total. The molecule has 0 atom stereocenters. The van der Waals surface area contributed by atoms with Crippen LogP contribution in [0.2, 0.25) is 0 Å². The van der Waals surface area contributed by atoms with Gasteiger partial charge in [-0.1, -0.05) is 18.2 Å². The molecule has 1 N–H and O–H groups in total. The number of hydrogen-bond donors (Lipinski definition) is 1. The highest BCUT2D eigenvalue weighted by molar-refractivity contribution is 5.95. The molecular weight excluding hydrogens is 260 g/mol. The third-order valence-corrected chi connectivity index (χ3v) is 2.55. The lowest BCUT2D eigenvalue weighted by Gasteiger charge is -2.20. The van der Waals surface area contributed by atoms with Crippen molar-refractivity contribution in [3.05, 3.63) is 41.7 Å². The van der Waals surface area contributed by atoms with Gasteiger partial charge in [0.15, 0.2) is 5.57 Å². The molecule has 6 heteroatoms. The van der Waals surface area contributed by atoms with Gasteiger partial charge in [0.1, 0.15) is 11.8 Å². The first kappa shape index (κ1) is 15.2. The van der Waals surface area contributed by atoms with E-state index in [4.69, 9.17) is 5.26 Å². The van der Waals surface area contributed by atoms with E-state index in [1.807, 2.05) is 0 Å². The Labute approximate surface area is 116 Å². The molecule has 0 spiro atoms. The Morgan fingerprint density at radius 2 is 1.95 bits per heavy atom. The van der Waals surface area contributed by atoms with Crippen molar-refractivity contribution in [3.8, 4) is 6.07 Å². The van der Waals surface area contributed by atoms with Crippen molar-refractivity contribution in [3.63, 3.8) is 0 Å². The average molecular weight is 274 g/mol. The first-order chi connectivity index (χ1) is 9.51. The van der Waals surface area contributed by atoms with E-state index in [-0.39, 0.29) is 12.5 Å². The zero-order valence-electron chi connectivity index (χ0n) is 11.2. The molecule has 0 radical (unpaired) electrons. The molecule has 1 aromatic carbocycles. The number of amides is 1. The summed E-state index contributed by atoms with van der Waals surface area (Å²) in [5, 5.41) is 18.7. The predicted octanol–water partition coefficient (Wildman–Crippen LogP) is 1.55. The Bertz CT molecular complexity index is 573. The minimum atomic E-state index is -0.943. The number of anilines is 1. The van der Waals surface area contributed by atoms with Crippen molar-refractivity contribution in [1.82, 2.24) is 0 Å². The van der Waals surface area contributed by atoms with E-state index in [9.17, 15) is 14.7 Å². The van der Waals surface area contributed by atoms with Gasteiger partial charge in [0.25, 0.3) is 0 Å². The number of rotatable bonds is 4. The molecule has 0 unspecified atom stereocenters. The van der Waals surface area contributed by atoms with Crippen LogP contribution in [0, 0.1) is 11.3 Å². The number of aliphatic hydroxyl groups is 1. The maximum Gasteiger partial charge on any atom is 0.352 e. The molecule has 20 heavy (non-hydrogen) atoms. The van der Waals surface area contributed by atoms with Crippen molar-refractivity contribution in [2.45, 2.75) is 6.92 Å². The van der Waals surface area contributed by atoms with E-state index in [0.29, 0.717) is 5.69 Å². The molecule has 1 rings (SSSR count). The lowest BCUT2D eigenvalue weighted by molar-refractivity contribution is -0.135. The summed E-state index contributed by atoms with van der Waals surface area (Å²) in [6.07, 6.45) is 0. The van der Waals surface area contributed by atoms with Crippen LogP contribution in [-0.4, -0.2) is 30.6 Å². The van der Waals surface area contributed by atoms with Gasteiger partial charge < -0.3 is 14.7 Å². The molecule has 0 aliphatic rings. The zero-order valence-corrected chi connectivity index (χ0v) is 11.2. The molecule has 0 fully saturated rings. The maximum absolute atomic E-state index is 11.6. The van der Waals surface area contributed by atoms with Crippen LogP contribution in [0.25, 0.3) is 0 Å². The number of nitriles is 1. The minimum Gasteiger partial charge on any atom is -0.509 e. The van der Waals surface area contributed by atoms with Gasteiger partial charge in [-0.05, 0) is 12.1 Å². The third-order valence-electron chi connectivity index (χ3n) is 2.55. The summed E-state index contributed by atoms with van der Waals surface area (Å²) in [4.78, 5) is 24.2. The number of para-hydroxylation sites is 1. The largest absolute Gasteiger partial charge is 0.509 e. The van der Waals surface area contributed by atoms with E-state index in [1.165, 1.54) is 11.8 Å². The summed E-state index contributed by atoms with van der Waals surface area (Å²) >= 11 is 0. The first-order valence-corrected chi connectivity index (χ1v) is 5.75. The van der Waals surface area contributed by atoms with Crippen molar-refractivity contribution in [2.24, 2.45) is 0 Å². The van der Waals surface area contributed by atoms with Crippen LogP contribution in [0.5, 0.6) is 0 Å². The summed E-state index contributed by atoms with van der Waals surface area (Å²) in [6, 6.07) is 10.2. The number of carbonyl (C=O) groups is 2. The van der Waals surface area contributed by atoms with Crippen LogP contribution in [0.4, 0.5) is 5.69 Å². The number of carbonyl (C=O) groups excluding carboxylic acids is 2. The van der Waals surface area contributed by atoms with E-state index in [1.54, 1.807) is 36.4 Å². The van der Waals surface area contributed by atoms with Gasteiger partial charge in [-0.2, -0.15) is 5.26 Å². The molecule has 0 heterocycles. The molecule has 0 aliphatic carbocycles. The molecule has 0 aromatic heterocycles. The van der Waals surface area contributed by atoms with Crippen LogP contribution >= 0.6 is 0 Å². The van der Waals surface area contributed by atoms with Gasteiger partial charge in [-0.15, -0.1) is 0 Å². The SMILES string of the molecule is COC(=O)/C(C#N)=C(/O)CN(C(C)=O)c1ccccc1. The summed E-state index contributed by atoms with van der Waals surface area (Å²) in [5.74, 6) is -1.79. The van der Waals surface area contributed by atoms with Gasteiger partial charge in [-0.3, -0.25) is 4.79 Å². The average Bonchev–Trinajstić information content (AvgIpc) is 2.45. The van der Waals surface area contributed by atoms with E-state index < -0.39 is 17.3 Å². The highest BCUT2D eigenvalue weighted by atomic mass is 16.5. The standard InChI is InChI=1S/C14H14N2O4/c1-10(17)16(11-6-4-3-5-7-11)9-13(18)12(8-15)14(19)20-2/h3-7,18H,9H2,1-2H3/b13-12+.